The van der Waals surface area contributed by atoms with Crippen LogP contribution < -0.4 is 5.32 Å². The molecule has 0 aliphatic carbocycles. The molecular formula is C13H9FINO2. The molecule has 92 valence electrons. The van der Waals surface area contributed by atoms with E-state index in [9.17, 15) is 14.3 Å². The Balaban J connectivity index is 2.24. The summed E-state index contributed by atoms with van der Waals surface area (Å²) in [6.07, 6.45) is 0. The standard InChI is InChI=1S/C13H9FINO2/c14-8-5-6-11(10(15)7-8)16-13(18)9-3-1-2-4-12(9)17/h1-7,17H,(H,16,18). The number of hydrogen-bond acceptors (Lipinski definition) is 2. The van der Waals surface area contributed by atoms with Gasteiger partial charge in [0.15, 0.2) is 0 Å². The molecule has 3 nitrogen and oxygen atoms in total. The lowest BCUT2D eigenvalue weighted by Gasteiger charge is -2.08. The van der Waals surface area contributed by atoms with Crippen molar-refractivity contribution in [1.29, 1.82) is 0 Å². The van der Waals surface area contributed by atoms with E-state index in [2.05, 4.69) is 5.32 Å². The zero-order chi connectivity index (χ0) is 13.1. The van der Waals surface area contributed by atoms with Crippen LogP contribution in [0.1, 0.15) is 10.4 Å². The van der Waals surface area contributed by atoms with Crippen molar-refractivity contribution >= 4 is 34.2 Å². The summed E-state index contributed by atoms with van der Waals surface area (Å²) in [6.45, 7) is 0. The van der Waals surface area contributed by atoms with Crippen LogP contribution in [0.15, 0.2) is 42.5 Å². The minimum Gasteiger partial charge on any atom is -0.507 e. The van der Waals surface area contributed by atoms with E-state index in [0.29, 0.717) is 9.26 Å². The van der Waals surface area contributed by atoms with Crippen LogP contribution in [-0.4, -0.2) is 11.0 Å². The highest BCUT2D eigenvalue weighted by Gasteiger charge is 2.12. The van der Waals surface area contributed by atoms with E-state index in [1.54, 1.807) is 12.1 Å². The molecule has 0 unspecified atom stereocenters. The van der Waals surface area contributed by atoms with Gasteiger partial charge in [0.1, 0.15) is 11.6 Å². The third-order valence-corrected chi connectivity index (χ3v) is 3.22. The molecule has 0 radical (unpaired) electrons. The number of aromatic hydroxyl groups is 1. The maximum atomic E-state index is 12.9. The molecule has 2 aromatic rings. The van der Waals surface area contributed by atoms with E-state index < -0.39 is 5.91 Å². The Morgan fingerprint density at radius 2 is 1.94 bits per heavy atom. The molecule has 18 heavy (non-hydrogen) atoms. The van der Waals surface area contributed by atoms with Crippen molar-refractivity contribution < 1.29 is 14.3 Å². The average molecular weight is 357 g/mol. The number of hydrogen-bond donors (Lipinski definition) is 2. The van der Waals surface area contributed by atoms with Crippen molar-refractivity contribution in [3.8, 4) is 5.75 Å². The molecule has 0 aromatic heterocycles. The van der Waals surface area contributed by atoms with E-state index in [-0.39, 0.29) is 17.1 Å². The van der Waals surface area contributed by atoms with Gasteiger partial charge in [-0.2, -0.15) is 0 Å². The Labute approximate surface area is 117 Å². The van der Waals surface area contributed by atoms with Gasteiger partial charge in [-0.05, 0) is 52.9 Å². The first-order valence-corrected chi connectivity index (χ1v) is 6.20. The van der Waals surface area contributed by atoms with Gasteiger partial charge in [-0.15, -0.1) is 0 Å². The summed E-state index contributed by atoms with van der Waals surface area (Å²) in [6, 6.07) is 10.3. The third kappa shape index (κ3) is 2.79. The van der Waals surface area contributed by atoms with Crippen LogP contribution in [0.3, 0.4) is 0 Å². The SMILES string of the molecule is O=C(Nc1ccc(F)cc1I)c1ccccc1O. The van der Waals surface area contributed by atoms with E-state index in [1.165, 1.54) is 30.3 Å². The minimum absolute atomic E-state index is 0.0906. The second-order valence-corrected chi connectivity index (χ2v) is 4.76. The van der Waals surface area contributed by atoms with Gasteiger partial charge in [-0.3, -0.25) is 4.79 Å². The number of anilines is 1. The maximum Gasteiger partial charge on any atom is 0.259 e. The lowest BCUT2D eigenvalue weighted by atomic mass is 10.2. The monoisotopic (exact) mass is 357 g/mol. The Bertz CT molecular complexity index is 601. The number of para-hydroxylation sites is 1. The highest BCUT2D eigenvalue weighted by Crippen LogP contribution is 2.22. The van der Waals surface area contributed by atoms with Crippen molar-refractivity contribution in [3.63, 3.8) is 0 Å². The number of carbonyl (C=O) groups is 1. The van der Waals surface area contributed by atoms with Gasteiger partial charge < -0.3 is 10.4 Å². The van der Waals surface area contributed by atoms with Gasteiger partial charge in [0, 0.05) is 3.57 Å². The van der Waals surface area contributed by atoms with Crippen LogP contribution in [0.4, 0.5) is 10.1 Å². The minimum atomic E-state index is -0.433. The Morgan fingerprint density at radius 1 is 1.22 bits per heavy atom. The highest BCUT2D eigenvalue weighted by molar-refractivity contribution is 14.1. The molecule has 0 saturated carbocycles. The first-order valence-electron chi connectivity index (χ1n) is 5.12. The van der Waals surface area contributed by atoms with Crippen LogP contribution in [0.2, 0.25) is 0 Å². The second kappa shape index (κ2) is 5.34. The first-order chi connectivity index (χ1) is 8.58. The van der Waals surface area contributed by atoms with Crippen LogP contribution in [0.5, 0.6) is 5.75 Å². The molecule has 2 rings (SSSR count). The molecule has 0 spiro atoms. The van der Waals surface area contributed by atoms with Gasteiger partial charge in [0.25, 0.3) is 5.91 Å². The van der Waals surface area contributed by atoms with E-state index >= 15 is 0 Å². The van der Waals surface area contributed by atoms with E-state index in [0.717, 1.165) is 0 Å². The quantitative estimate of drug-likeness (QED) is 0.810. The van der Waals surface area contributed by atoms with Crippen molar-refractivity contribution in [3.05, 3.63) is 57.4 Å². The zero-order valence-electron chi connectivity index (χ0n) is 9.15. The van der Waals surface area contributed by atoms with E-state index in [4.69, 9.17) is 0 Å². The van der Waals surface area contributed by atoms with Crippen molar-refractivity contribution in [2.24, 2.45) is 0 Å². The Hall–Kier alpha value is -1.63. The molecule has 0 atom stereocenters. The number of halogens is 2. The van der Waals surface area contributed by atoms with Gasteiger partial charge >= 0.3 is 0 Å². The third-order valence-electron chi connectivity index (χ3n) is 2.33. The van der Waals surface area contributed by atoms with E-state index in [1.807, 2.05) is 22.6 Å². The van der Waals surface area contributed by atoms with Gasteiger partial charge in [0.05, 0.1) is 11.3 Å². The number of carbonyl (C=O) groups excluding carboxylic acids is 1. The fraction of sp³-hybridized carbons (Fsp3) is 0. The van der Waals surface area contributed by atoms with Crippen LogP contribution in [0, 0.1) is 9.39 Å². The van der Waals surface area contributed by atoms with Gasteiger partial charge in [-0.1, -0.05) is 12.1 Å². The molecule has 2 N–H and O–H groups in total. The smallest absolute Gasteiger partial charge is 0.259 e. The summed E-state index contributed by atoms with van der Waals surface area (Å²) in [5.41, 5.74) is 0.683. The molecule has 1 amide bonds. The molecule has 0 fully saturated rings. The summed E-state index contributed by atoms with van der Waals surface area (Å²) >= 11 is 1.93. The molecule has 2 aromatic carbocycles. The van der Waals surface area contributed by atoms with Crippen LogP contribution in [0.25, 0.3) is 0 Å². The molecule has 0 aliphatic rings. The lowest BCUT2D eigenvalue weighted by Crippen LogP contribution is -2.13. The number of phenolic OH excluding ortho intramolecular Hbond substituents is 1. The molecule has 0 aliphatic heterocycles. The van der Waals surface area contributed by atoms with Crippen LogP contribution >= 0.6 is 22.6 Å². The number of rotatable bonds is 2. The molecule has 0 saturated heterocycles. The fourth-order valence-corrected chi connectivity index (χ4v) is 2.06. The second-order valence-electron chi connectivity index (χ2n) is 3.60. The molecule has 0 bridgehead atoms. The molecular weight excluding hydrogens is 348 g/mol. The fourth-order valence-electron chi connectivity index (χ4n) is 1.45. The summed E-state index contributed by atoms with van der Waals surface area (Å²) < 4.78 is 13.5. The van der Waals surface area contributed by atoms with Crippen molar-refractivity contribution in [2.75, 3.05) is 5.32 Å². The predicted molar refractivity (Wildman–Crippen MR) is 75.2 cm³/mol. The Kier molecular flexibility index (Phi) is 3.81. The summed E-state index contributed by atoms with van der Waals surface area (Å²) in [4.78, 5) is 11.9. The van der Waals surface area contributed by atoms with Gasteiger partial charge in [-0.25, -0.2) is 4.39 Å². The highest BCUT2D eigenvalue weighted by atomic mass is 127. The summed E-state index contributed by atoms with van der Waals surface area (Å²) in [5.74, 6) is -0.885. The summed E-state index contributed by atoms with van der Waals surface area (Å²) in [5, 5.41) is 12.2. The maximum absolute atomic E-state index is 12.9. The molecule has 5 heteroatoms. The molecule has 0 heterocycles. The lowest BCUT2D eigenvalue weighted by molar-refractivity contribution is 0.102. The zero-order valence-corrected chi connectivity index (χ0v) is 11.3. The largest absolute Gasteiger partial charge is 0.507 e. The van der Waals surface area contributed by atoms with Crippen molar-refractivity contribution in [1.82, 2.24) is 0 Å². The predicted octanol–water partition coefficient (Wildman–Crippen LogP) is 3.39. The number of benzene rings is 2. The van der Waals surface area contributed by atoms with Gasteiger partial charge in [0.2, 0.25) is 0 Å². The van der Waals surface area contributed by atoms with Crippen molar-refractivity contribution in [2.45, 2.75) is 0 Å². The number of amides is 1. The topological polar surface area (TPSA) is 49.3 Å². The van der Waals surface area contributed by atoms with Crippen LogP contribution in [-0.2, 0) is 0 Å². The summed E-state index contributed by atoms with van der Waals surface area (Å²) in [7, 11) is 0. The normalized spacial score (nSPS) is 10.1. The first kappa shape index (κ1) is 12.8. The number of phenols is 1. The Morgan fingerprint density at radius 3 is 2.61 bits per heavy atom. The average Bonchev–Trinajstić information content (AvgIpc) is 2.33. The number of nitrogens with one attached hydrogen (secondary N) is 1.